The van der Waals surface area contributed by atoms with E-state index in [0.717, 1.165) is 0 Å². The Labute approximate surface area is 80.7 Å². The van der Waals surface area contributed by atoms with Crippen molar-refractivity contribution in [2.45, 2.75) is 6.61 Å². The minimum absolute atomic E-state index is 0.119. The van der Waals surface area contributed by atoms with E-state index in [4.69, 9.17) is 33.0 Å². The van der Waals surface area contributed by atoms with Gasteiger partial charge >= 0.3 is 0 Å². The lowest BCUT2D eigenvalue weighted by Gasteiger charge is -2.06. The molecule has 12 heavy (non-hydrogen) atoms. The number of benzene rings is 1. The predicted octanol–water partition coefficient (Wildman–Crippen LogP) is 2.49. The van der Waals surface area contributed by atoms with Crippen LogP contribution in [0.2, 0.25) is 10.0 Å². The van der Waals surface area contributed by atoms with Crippen molar-refractivity contribution in [2.75, 3.05) is 7.11 Å². The topological polar surface area (TPSA) is 29.5 Å². The number of methoxy groups -OCH3 is 1. The molecule has 2 nitrogen and oxygen atoms in total. The van der Waals surface area contributed by atoms with Gasteiger partial charge in [-0.05, 0) is 17.7 Å². The quantitative estimate of drug-likeness (QED) is 0.807. The van der Waals surface area contributed by atoms with E-state index in [0.29, 0.717) is 21.4 Å². The summed E-state index contributed by atoms with van der Waals surface area (Å²) in [4.78, 5) is 0. The minimum Gasteiger partial charge on any atom is -0.495 e. The van der Waals surface area contributed by atoms with Gasteiger partial charge in [0.05, 0.1) is 18.7 Å². The zero-order valence-corrected chi connectivity index (χ0v) is 7.99. The van der Waals surface area contributed by atoms with Crippen molar-refractivity contribution in [3.8, 4) is 5.75 Å². The summed E-state index contributed by atoms with van der Waals surface area (Å²) in [5.74, 6) is 0.519. The fourth-order valence-electron chi connectivity index (χ4n) is 0.849. The number of aliphatic hydroxyl groups excluding tert-OH is 1. The van der Waals surface area contributed by atoms with Crippen LogP contribution < -0.4 is 4.74 Å². The molecular formula is C8H8Cl2O2. The van der Waals surface area contributed by atoms with E-state index in [9.17, 15) is 0 Å². The average Bonchev–Trinajstić information content (AvgIpc) is 2.05. The first-order valence-electron chi connectivity index (χ1n) is 3.31. The normalized spacial score (nSPS) is 10.0. The SMILES string of the molecule is COc1cc(CO)c(Cl)cc1Cl. The Morgan fingerprint density at radius 2 is 2.00 bits per heavy atom. The van der Waals surface area contributed by atoms with Crippen molar-refractivity contribution in [3.63, 3.8) is 0 Å². The summed E-state index contributed by atoms with van der Waals surface area (Å²) in [6.45, 7) is -0.119. The lowest BCUT2D eigenvalue weighted by Crippen LogP contribution is -1.89. The van der Waals surface area contributed by atoms with E-state index in [1.54, 1.807) is 12.1 Å². The summed E-state index contributed by atoms with van der Waals surface area (Å²) in [5.41, 5.74) is 0.609. The smallest absolute Gasteiger partial charge is 0.137 e. The molecule has 0 aromatic heterocycles. The van der Waals surface area contributed by atoms with Crippen molar-refractivity contribution in [1.82, 2.24) is 0 Å². The van der Waals surface area contributed by atoms with Gasteiger partial charge < -0.3 is 9.84 Å². The van der Waals surface area contributed by atoms with Crippen LogP contribution in [0.4, 0.5) is 0 Å². The fraction of sp³-hybridized carbons (Fsp3) is 0.250. The second-order valence-corrected chi connectivity index (χ2v) is 3.05. The number of hydrogen-bond donors (Lipinski definition) is 1. The Hall–Kier alpha value is -0.440. The van der Waals surface area contributed by atoms with Crippen molar-refractivity contribution in [1.29, 1.82) is 0 Å². The Bertz CT molecular complexity index is 261. The Kier molecular flexibility index (Phi) is 3.20. The molecule has 0 unspecified atom stereocenters. The first-order chi connectivity index (χ1) is 5.69. The standard InChI is InChI=1S/C8H8Cl2O2/c1-12-8-2-5(4-11)6(9)3-7(8)10/h2-3,11H,4H2,1H3. The largest absolute Gasteiger partial charge is 0.495 e. The van der Waals surface area contributed by atoms with Gasteiger partial charge in [-0.3, -0.25) is 0 Å². The van der Waals surface area contributed by atoms with E-state index < -0.39 is 0 Å². The third kappa shape index (κ3) is 1.83. The maximum atomic E-state index is 8.85. The third-order valence-corrected chi connectivity index (χ3v) is 2.14. The molecule has 4 heteroatoms. The summed E-state index contributed by atoms with van der Waals surface area (Å²) in [5, 5.41) is 9.74. The molecule has 0 radical (unpaired) electrons. The van der Waals surface area contributed by atoms with Gasteiger partial charge in [0, 0.05) is 5.02 Å². The molecule has 0 aliphatic carbocycles. The summed E-state index contributed by atoms with van der Waals surface area (Å²) in [6, 6.07) is 3.16. The molecule has 0 spiro atoms. The highest BCUT2D eigenvalue weighted by molar-refractivity contribution is 6.36. The number of hydrogen-bond acceptors (Lipinski definition) is 2. The van der Waals surface area contributed by atoms with E-state index in [1.165, 1.54) is 7.11 Å². The van der Waals surface area contributed by atoms with Crippen LogP contribution in [0.25, 0.3) is 0 Å². The van der Waals surface area contributed by atoms with Gasteiger partial charge in [-0.15, -0.1) is 0 Å². The molecule has 1 N–H and O–H groups in total. The lowest BCUT2D eigenvalue weighted by atomic mass is 10.2. The molecule has 0 heterocycles. The van der Waals surface area contributed by atoms with Crippen molar-refractivity contribution < 1.29 is 9.84 Å². The summed E-state index contributed by atoms with van der Waals surface area (Å²) in [7, 11) is 1.51. The van der Waals surface area contributed by atoms with Gasteiger partial charge in [0.15, 0.2) is 0 Å². The highest BCUT2D eigenvalue weighted by atomic mass is 35.5. The van der Waals surface area contributed by atoms with E-state index in [1.807, 2.05) is 0 Å². The third-order valence-electron chi connectivity index (χ3n) is 1.49. The van der Waals surface area contributed by atoms with Crippen LogP contribution in [0.15, 0.2) is 12.1 Å². The second kappa shape index (κ2) is 3.99. The van der Waals surface area contributed by atoms with Crippen molar-refractivity contribution in [3.05, 3.63) is 27.7 Å². The molecule has 0 fully saturated rings. The van der Waals surface area contributed by atoms with Gasteiger partial charge in [0.2, 0.25) is 0 Å². The number of rotatable bonds is 2. The first kappa shape index (κ1) is 9.65. The van der Waals surface area contributed by atoms with Gasteiger partial charge in [-0.2, -0.15) is 0 Å². The summed E-state index contributed by atoms with van der Waals surface area (Å²) < 4.78 is 4.94. The van der Waals surface area contributed by atoms with E-state index in [-0.39, 0.29) is 6.61 Å². The van der Waals surface area contributed by atoms with E-state index in [2.05, 4.69) is 0 Å². The molecule has 0 saturated heterocycles. The number of ether oxygens (including phenoxy) is 1. The Balaban J connectivity index is 3.18. The van der Waals surface area contributed by atoms with Crippen molar-refractivity contribution in [2.24, 2.45) is 0 Å². The monoisotopic (exact) mass is 206 g/mol. The molecule has 1 rings (SSSR count). The lowest BCUT2D eigenvalue weighted by molar-refractivity contribution is 0.281. The summed E-state index contributed by atoms with van der Waals surface area (Å²) >= 11 is 11.5. The van der Waals surface area contributed by atoms with Gasteiger partial charge in [0.25, 0.3) is 0 Å². The maximum Gasteiger partial charge on any atom is 0.137 e. The van der Waals surface area contributed by atoms with Gasteiger partial charge in [-0.25, -0.2) is 0 Å². The Morgan fingerprint density at radius 3 is 2.50 bits per heavy atom. The molecule has 1 aromatic carbocycles. The molecule has 0 saturated carbocycles. The van der Waals surface area contributed by atoms with Crippen LogP contribution in [0.3, 0.4) is 0 Å². The highest BCUT2D eigenvalue weighted by Crippen LogP contribution is 2.30. The van der Waals surface area contributed by atoms with Gasteiger partial charge in [-0.1, -0.05) is 23.2 Å². The second-order valence-electron chi connectivity index (χ2n) is 2.24. The predicted molar refractivity (Wildman–Crippen MR) is 48.9 cm³/mol. The van der Waals surface area contributed by atoms with Crippen LogP contribution in [-0.2, 0) is 6.61 Å². The summed E-state index contributed by atoms with van der Waals surface area (Å²) in [6.07, 6.45) is 0. The van der Waals surface area contributed by atoms with Crippen LogP contribution in [-0.4, -0.2) is 12.2 Å². The van der Waals surface area contributed by atoms with E-state index >= 15 is 0 Å². The highest BCUT2D eigenvalue weighted by Gasteiger charge is 2.06. The molecule has 0 amide bonds. The molecule has 0 atom stereocenters. The zero-order chi connectivity index (χ0) is 9.14. The molecule has 1 aromatic rings. The average molecular weight is 207 g/mol. The van der Waals surface area contributed by atoms with Crippen LogP contribution in [0.5, 0.6) is 5.75 Å². The Morgan fingerprint density at radius 1 is 1.33 bits per heavy atom. The molecule has 66 valence electrons. The molecule has 0 bridgehead atoms. The van der Waals surface area contributed by atoms with Crippen LogP contribution >= 0.6 is 23.2 Å². The van der Waals surface area contributed by atoms with Crippen molar-refractivity contribution >= 4 is 23.2 Å². The van der Waals surface area contributed by atoms with Gasteiger partial charge in [0.1, 0.15) is 5.75 Å². The fourth-order valence-corrected chi connectivity index (χ4v) is 1.37. The van der Waals surface area contributed by atoms with Crippen LogP contribution in [0, 0.1) is 0 Å². The molecule has 0 aliphatic rings. The van der Waals surface area contributed by atoms with Crippen LogP contribution in [0.1, 0.15) is 5.56 Å². The molecular weight excluding hydrogens is 199 g/mol. The number of aliphatic hydroxyl groups is 1. The zero-order valence-electron chi connectivity index (χ0n) is 6.47. The molecule has 0 aliphatic heterocycles. The minimum atomic E-state index is -0.119. The first-order valence-corrected chi connectivity index (χ1v) is 4.07. The maximum absolute atomic E-state index is 8.85. The number of halogens is 2.